The first kappa shape index (κ1) is 18.5. The molecule has 0 saturated carbocycles. The normalized spacial score (nSPS) is 18.3. The van der Waals surface area contributed by atoms with E-state index in [9.17, 15) is 13.9 Å². The molecule has 0 spiro atoms. The zero-order valence-electron chi connectivity index (χ0n) is 14.7. The molecule has 1 aromatic heterocycles. The van der Waals surface area contributed by atoms with E-state index in [4.69, 9.17) is 5.73 Å². The Morgan fingerprint density at radius 2 is 2.00 bits per heavy atom. The second-order valence-electron chi connectivity index (χ2n) is 6.56. The lowest BCUT2D eigenvalue weighted by Gasteiger charge is -2.42. The Morgan fingerprint density at radius 3 is 2.69 bits per heavy atom. The fraction of sp³-hybridized carbons (Fsp3) is 0.444. The van der Waals surface area contributed by atoms with Gasteiger partial charge in [-0.1, -0.05) is 6.07 Å². The Bertz CT molecular complexity index is 753. The van der Waals surface area contributed by atoms with Crippen LogP contribution < -0.4 is 10.6 Å². The molecule has 1 aliphatic heterocycles. The number of piperazine rings is 1. The standard InChI is InChI=1S/C18H23F2N5O/c1-12-8-17(23-18(21)22-12)25-6-5-24(14(11-25)4-7-26)10-13-2-3-15(19)16(20)9-13/h2-3,8-9,14,26H,4-7,10-11H2,1H3,(H2,21,22,23)/t14-/m1/s1. The van der Waals surface area contributed by atoms with Crippen LogP contribution in [0.25, 0.3) is 0 Å². The van der Waals surface area contributed by atoms with Gasteiger partial charge in [0.15, 0.2) is 11.6 Å². The van der Waals surface area contributed by atoms with Crippen LogP contribution in [-0.2, 0) is 6.54 Å². The Balaban J connectivity index is 1.74. The largest absolute Gasteiger partial charge is 0.396 e. The van der Waals surface area contributed by atoms with Crippen molar-refractivity contribution in [1.82, 2.24) is 14.9 Å². The van der Waals surface area contributed by atoms with Gasteiger partial charge in [-0.05, 0) is 31.0 Å². The number of aromatic nitrogens is 2. The molecule has 3 N–H and O–H groups in total. The van der Waals surface area contributed by atoms with E-state index in [1.165, 1.54) is 6.07 Å². The van der Waals surface area contributed by atoms with Crippen LogP contribution in [0.5, 0.6) is 0 Å². The molecule has 1 aliphatic rings. The Hall–Kier alpha value is -2.32. The van der Waals surface area contributed by atoms with E-state index in [0.29, 0.717) is 31.6 Å². The van der Waals surface area contributed by atoms with E-state index >= 15 is 0 Å². The summed E-state index contributed by atoms with van der Waals surface area (Å²) < 4.78 is 26.6. The van der Waals surface area contributed by atoms with Crippen molar-refractivity contribution in [2.75, 3.05) is 36.9 Å². The van der Waals surface area contributed by atoms with Gasteiger partial charge < -0.3 is 15.7 Å². The van der Waals surface area contributed by atoms with Gasteiger partial charge in [-0.3, -0.25) is 4.90 Å². The molecule has 2 heterocycles. The number of benzene rings is 1. The summed E-state index contributed by atoms with van der Waals surface area (Å²) in [6, 6.07) is 5.92. The Kier molecular flexibility index (Phi) is 5.63. The zero-order valence-corrected chi connectivity index (χ0v) is 14.7. The molecule has 0 amide bonds. The summed E-state index contributed by atoms with van der Waals surface area (Å²) in [6.07, 6.45) is 0.583. The van der Waals surface area contributed by atoms with Gasteiger partial charge in [-0.15, -0.1) is 0 Å². The van der Waals surface area contributed by atoms with Crippen molar-refractivity contribution in [2.24, 2.45) is 0 Å². The van der Waals surface area contributed by atoms with Crippen molar-refractivity contribution < 1.29 is 13.9 Å². The summed E-state index contributed by atoms with van der Waals surface area (Å²) in [6.45, 7) is 4.53. The second-order valence-corrected chi connectivity index (χ2v) is 6.56. The maximum absolute atomic E-state index is 13.5. The summed E-state index contributed by atoms with van der Waals surface area (Å²) in [4.78, 5) is 12.7. The van der Waals surface area contributed by atoms with Gasteiger partial charge >= 0.3 is 0 Å². The molecule has 0 radical (unpaired) electrons. The predicted molar refractivity (Wildman–Crippen MR) is 95.7 cm³/mol. The highest BCUT2D eigenvalue weighted by Crippen LogP contribution is 2.22. The van der Waals surface area contributed by atoms with Crippen molar-refractivity contribution >= 4 is 11.8 Å². The molecule has 26 heavy (non-hydrogen) atoms. The van der Waals surface area contributed by atoms with Gasteiger partial charge in [0.2, 0.25) is 5.95 Å². The van der Waals surface area contributed by atoms with Crippen molar-refractivity contribution in [3.8, 4) is 0 Å². The monoisotopic (exact) mass is 363 g/mol. The van der Waals surface area contributed by atoms with Gasteiger partial charge in [-0.2, -0.15) is 4.98 Å². The molecule has 0 bridgehead atoms. The third-order valence-corrected chi connectivity index (χ3v) is 4.62. The van der Waals surface area contributed by atoms with Crippen LogP contribution >= 0.6 is 0 Å². The smallest absolute Gasteiger partial charge is 0.222 e. The predicted octanol–water partition coefficient (Wildman–Crippen LogP) is 1.72. The summed E-state index contributed by atoms with van der Waals surface area (Å²) in [7, 11) is 0. The van der Waals surface area contributed by atoms with E-state index in [0.717, 1.165) is 24.1 Å². The zero-order chi connectivity index (χ0) is 18.7. The number of nitrogens with two attached hydrogens (primary N) is 1. The highest BCUT2D eigenvalue weighted by Gasteiger charge is 2.28. The number of aliphatic hydroxyl groups excluding tert-OH is 1. The average Bonchev–Trinajstić information content (AvgIpc) is 2.59. The van der Waals surface area contributed by atoms with E-state index in [1.54, 1.807) is 6.07 Å². The number of hydrogen-bond donors (Lipinski definition) is 2. The number of anilines is 2. The number of hydrogen-bond acceptors (Lipinski definition) is 6. The first-order valence-electron chi connectivity index (χ1n) is 8.61. The molecule has 140 valence electrons. The van der Waals surface area contributed by atoms with Crippen LogP contribution in [0, 0.1) is 18.6 Å². The molecule has 1 atom stereocenters. The van der Waals surface area contributed by atoms with Gasteiger partial charge in [-0.25, -0.2) is 13.8 Å². The topological polar surface area (TPSA) is 78.5 Å². The van der Waals surface area contributed by atoms with E-state index in [-0.39, 0.29) is 18.6 Å². The molecule has 0 unspecified atom stereocenters. The van der Waals surface area contributed by atoms with Crippen LogP contribution in [0.15, 0.2) is 24.3 Å². The third kappa shape index (κ3) is 4.25. The summed E-state index contributed by atoms with van der Waals surface area (Å²) in [5, 5.41) is 9.43. The SMILES string of the molecule is Cc1cc(N2CCN(Cc3ccc(F)c(F)c3)[C@H](CCO)C2)nc(N)n1. The number of aliphatic hydroxyl groups is 1. The van der Waals surface area contributed by atoms with Gasteiger partial charge in [0.25, 0.3) is 0 Å². The highest BCUT2D eigenvalue weighted by atomic mass is 19.2. The van der Waals surface area contributed by atoms with Gasteiger partial charge in [0.1, 0.15) is 5.82 Å². The summed E-state index contributed by atoms with van der Waals surface area (Å²) in [5.41, 5.74) is 7.26. The minimum Gasteiger partial charge on any atom is -0.396 e. The first-order chi connectivity index (χ1) is 12.5. The van der Waals surface area contributed by atoms with Crippen LogP contribution in [-0.4, -0.2) is 52.3 Å². The lowest BCUT2D eigenvalue weighted by molar-refractivity contribution is 0.135. The number of nitrogens with zero attached hydrogens (tertiary/aromatic N) is 4. The van der Waals surface area contributed by atoms with E-state index < -0.39 is 11.6 Å². The fourth-order valence-corrected chi connectivity index (χ4v) is 3.34. The highest BCUT2D eigenvalue weighted by molar-refractivity contribution is 5.44. The van der Waals surface area contributed by atoms with Crippen LogP contribution in [0.2, 0.25) is 0 Å². The molecule has 1 aromatic carbocycles. The quantitative estimate of drug-likeness (QED) is 0.842. The lowest BCUT2D eigenvalue weighted by Crippen LogP contribution is -2.53. The molecule has 8 heteroatoms. The molecule has 0 aliphatic carbocycles. The summed E-state index contributed by atoms with van der Waals surface area (Å²) in [5.74, 6) is -0.678. The van der Waals surface area contributed by atoms with Crippen molar-refractivity contribution in [3.63, 3.8) is 0 Å². The first-order valence-corrected chi connectivity index (χ1v) is 8.61. The van der Waals surface area contributed by atoms with Crippen molar-refractivity contribution in [3.05, 3.63) is 47.2 Å². The van der Waals surface area contributed by atoms with Gasteiger partial charge in [0.05, 0.1) is 0 Å². The van der Waals surface area contributed by atoms with Crippen LogP contribution in [0.1, 0.15) is 17.7 Å². The van der Waals surface area contributed by atoms with Crippen LogP contribution in [0.4, 0.5) is 20.5 Å². The average molecular weight is 363 g/mol. The van der Waals surface area contributed by atoms with Crippen molar-refractivity contribution in [1.29, 1.82) is 0 Å². The third-order valence-electron chi connectivity index (χ3n) is 4.62. The minimum atomic E-state index is -0.845. The fourth-order valence-electron chi connectivity index (χ4n) is 3.34. The Morgan fingerprint density at radius 1 is 1.19 bits per heavy atom. The van der Waals surface area contributed by atoms with Gasteiger partial charge in [0, 0.05) is 50.6 Å². The Labute approximate surface area is 151 Å². The second kappa shape index (κ2) is 7.92. The van der Waals surface area contributed by atoms with E-state index in [1.807, 2.05) is 13.0 Å². The lowest BCUT2D eigenvalue weighted by atomic mass is 10.1. The molecule has 2 aromatic rings. The van der Waals surface area contributed by atoms with Crippen LogP contribution in [0.3, 0.4) is 0 Å². The number of halogens is 2. The summed E-state index contributed by atoms with van der Waals surface area (Å²) >= 11 is 0. The molecular formula is C18H23F2N5O. The molecule has 1 saturated heterocycles. The minimum absolute atomic E-state index is 0.0533. The van der Waals surface area contributed by atoms with E-state index in [2.05, 4.69) is 19.8 Å². The molecule has 6 nitrogen and oxygen atoms in total. The van der Waals surface area contributed by atoms with Crippen molar-refractivity contribution in [2.45, 2.75) is 25.9 Å². The molecular weight excluding hydrogens is 340 g/mol. The molecule has 1 fully saturated rings. The number of nitrogen functional groups attached to an aromatic ring is 1. The molecule has 3 rings (SSSR count). The maximum Gasteiger partial charge on any atom is 0.222 e. The number of rotatable bonds is 5. The number of aryl methyl sites for hydroxylation is 1. The maximum atomic E-state index is 13.5.